The van der Waals surface area contributed by atoms with E-state index in [-0.39, 0.29) is 5.91 Å². The molecule has 0 aliphatic rings. The van der Waals surface area contributed by atoms with Gasteiger partial charge in [0, 0.05) is 17.4 Å². The van der Waals surface area contributed by atoms with E-state index in [4.69, 9.17) is 23.2 Å². The van der Waals surface area contributed by atoms with Crippen molar-refractivity contribution in [1.29, 1.82) is 0 Å². The van der Waals surface area contributed by atoms with Gasteiger partial charge in [0.05, 0.1) is 15.7 Å². The second-order valence-corrected chi connectivity index (χ2v) is 5.99. The number of carbonyl (C=O) groups is 1. The number of hydrogen-bond donors (Lipinski definition) is 1. The molecule has 0 aliphatic carbocycles. The van der Waals surface area contributed by atoms with Crippen LogP contribution in [0.25, 0.3) is 11.3 Å². The monoisotopic (exact) mass is 328 g/mol. The van der Waals surface area contributed by atoms with Crippen molar-refractivity contribution < 1.29 is 4.79 Å². The van der Waals surface area contributed by atoms with Crippen LogP contribution >= 0.6 is 34.5 Å². The second-order valence-electron chi connectivity index (χ2n) is 4.32. The van der Waals surface area contributed by atoms with Gasteiger partial charge in [0.15, 0.2) is 5.13 Å². The van der Waals surface area contributed by atoms with E-state index in [0.717, 1.165) is 24.1 Å². The molecule has 3 nitrogen and oxygen atoms in total. The van der Waals surface area contributed by atoms with E-state index in [1.165, 1.54) is 11.3 Å². The molecule has 1 N–H and O–H groups in total. The molecule has 1 heterocycles. The van der Waals surface area contributed by atoms with Crippen molar-refractivity contribution in [2.45, 2.75) is 26.2 Å². The number of carbonyl (C=O) groups excluding carboxylic acids is 1. The van der Waals surface area contributed by atoms with Gasteiger partial charge in [-0.15, -0.1) is 11.3 Å². The highest BCUT2D eigenvalue weighted by atomic mass is 35.5. The Morgan fingerprint density at radius 2 is 2.15 bits per heavy atom. The first-order valence-corrected chi connectivity index (χ1v) is 7.94. The normalized spacial score (nSPS) is 10.6. The van der Waals surface area contributed by atoms with Crippen molar-refractivity contribution in [2.75, 3.05) is 5.32 Å². The molecule has 20 heavy (non-hydrogen) atoms. The maximum Gasteiger partial charge on any atom is 0.226 e. The highest BCUT2D eigenvalue weighted by Crippen LogP contribution is 2.30. The Hall–Kier alpha value is -1.10. The molecule has 1 aromatic heterocycles. The van der Waals surface area contributed by atoms with Crippen LogP contribution < -0.4 is 5.32 Å². The minimum absolute atomic E-state index is 0.00175. The molecule has 0 radical (unpaired) electrons. The molecule has 0 saturated carbocycles. The first kappa shape index (κ1) is 15.3. The summed E-state index contributed by atoms with van der Waals surface area (Å²) in [5, 5.41) is 6.29. The molecule has 2 aromatic rings. The van der Waals surface area contributed by atoms with Crippen LogP contribution in [0.5, 0.6) is 0 Å². The summed E-state index contributed by atoms with van der Waals surface area (Å²) in [6.07, 6.45) is 2.41. The smallest absolute Gasteiger partial charge is 0.226 e. The van der Waals surface area contributed by atoms with Gasteiger partial charge < -0.3 is 5.32 Å². The standard InChI is InChI=1S/C14H14Cl2N2OS/c1-2-3-4-13(19)18-14-17-12(8-20-14)9-5-6-10(15)11(16)7-9/h5-8H,2-4H2,1H3,(H,17,18,19). The van der Waals surface area contributed by atoms with E-state index < -0.39 is 0 Å². The van der Waals surface area contributed by atoms with Crippen LogP contribution in [-0.2, 0) is 4.79 Å². The topological polar surface area (TPSA) is 42.0 Å². The van der Waals surface area contributed by atoms with Gasteiger partial charge in [0.2, 0.25) is 5.91 Å². The number of thiazole rings is 1. The highest BCUT2D eigenvalue weighted by Gasteiger charge is 2.09. The lowest BCUT2D eigenvalue weighted by molar-refractivity contribution is -0.116. The molecule has 6 heteroatoms. The third-order valence-corrected chi connectivity index (χ3v) is 4.22. The van der Waals surface area contributed by atoms with Crippen LogP contribution in [0.1, 0.15) is 26.2 Å². The predicted molar refractivity (Wildman–Crippen MR) is 85.7 cm³/mol. The molecular formula is C14H14Cl2N2OS. The van der Waals surface area contributed by atoms with Gasteiger partial charge in [-0.2, -0.15) is 0 Å². The lowest BCUT2D eigenvalue weighted by Gasteiger charge is -2.01. The van der Waals surface area contributed by atoms with E-state index in [1.54, 1.807) is 12.1 Å². The number of halogens is 2. The van der Waals surface area contributed by atoms with Crippen molar-refractivity contribution >= 4 is 45.6 Å². The Balaban J connectivity index is 2.08. The predicted octanol–water partition coefficient (Wildman–Crippen LogP) is 5.25. The average Bonchev–Trinajstić information content (AvgIpc) is 2.88. The van der Waals surface area contributed by atoms with E-state index in [2.05, 4.69) is 17.2 Å². The molecule has 1 aromatic carbocycles. The van der Waals surface area contributed by atoms with Gasteiger partial charge in [-0.25, -0.2) is 4.98 Å². The highest BCUT2D eigenvalue weighted by molar-refractivity contribution is 7.14. The SMILES string of the molecule is CCCCC(=O)Nc1nc(-c2ccc(Cl)c(Cl)c2)cs1. The zero-order chi connectivity index (χ0) is 14.5. The van der Waals surface area contributed by atoms with E-state index in [9.17, 15) is 4.79 Å². The Bertz CT molecular complexity index is 613. The van der Waals surface area contributed by atoms with Crippen molar-refractivity contribution in [3.8, 4) is 11.3 Å². The van der Waals surface area contributed by atoms with Gasteiger partial charge >= 0.3 is 0 Å². The fourth-order valence-corrected chi connectivity index (χ4v) is 2.67. The number of hydrogen-bond acceptors (Lipinski definition) is 3. The molecule has 0 aliphatic heterocycles. The fraction of sp³-hybridized carbons (Fsp3) is 0.286. The summed E-state index contributed by atoms with van der Waals surface area (Å²) in [5.41, 5.74) is 1.66. The molecule has 0 bridgehead atoms. The number of nitrogens with zero attached hydrogens (tertiary/aromatic N) is 1. The lowest BCUT2D eigenvalue weighted by atomic mass is 10.2. The number of unbranched alkanes of at least 4 members (excludes halogenated alkanes) is 1. The first-order valence-electron chi connectivity index (χ1n) is 6.31. The molecular weight excluding hydrogens is 315 g/mol. The van der Waals surface area contributed by atoms with Crippen LogP contribution in [0, 0.1) is 0 Å². The van der Waals surface area contributed by atoms with Crippen molar-refractivity contribution in [2.24, 2.45) is 0 Å². The molecule has 0 unspecified atom stereocenters. The van der Waals surface area contributed by atoms with Crippen molar-refractivity contribution in [1.82, 2.24) is 4.98 Å². The van der Waals surface area contributed by atoms with E-state index >= 15 is 0 Å². The average molecular weight is 329 g/mol. The number of rotatable bonds is 5. The maximum atomic E-state index is 11.6. The first-order chi connectivity index (χ1) is 9.60. The van der Waals surface area contributed by atoms with Gasteiger partial charge in [-0.1, -0.05) is 42.6 Å². The lowest BCUT2D eigenvalue weighted by Crippen LogP contribution is -2.10. The minimum Gasteiger partial charge on any atom is -0.302 e. The zero-order valence-corrected chi connectivity index (χ0v) is 13.3. The summed E-state index contributed by atoms with van der Waals surface area (Å²) in [4.78, 5) is 16.0. The molecule has 106 valence electrons. The molecule has 0 fully saturated rings. The Labute approximate surface area is 131 Å². The van der Waals surface area contributed by atoms with Crippen LogP contribution in [-0.4, -0.2) is 10.9 Å². The largest absolute Gasteiger partial charge is 0.302 e. The summed E-state index contributed by atoms with van der Waals surface area (Å²) in [6.45, 7) is 2.05. The zero-order valence-electron chi connectivity index (χ0n) is 11.0. The third-order valence-electron chi connectivity index (χ3n) is 2.72. The van der Waals surface area contributed by atoms with Crippen LogP contribution in [0.15, 0.2) is 23.6 Å². The summed E-state index contributed by atoms with van der Waals surface area (Å²) in [6, 6.07) is 5.35. The second kappa shape index (κ2) is 7.07. The Morgan fingerprint density at radius 3 is 2.85 bits per heavy atom. The van der Waals surface area contributed by atoms with Gasteiger partial charge in [0.1, 0.15) is 0 Å². The maximum absolute atomic E-state index is 11.6. The van der Waals surface area contributed by atoms with Crippen LogP contribution in [0.2, 0.25) is 10.0 Å². The van der Waals surface area contributed by atoms with E-state index in [0.29, 0.717) is 21.6 Å². The summed E-state index contributed by atoms with van der Waals surface area (Å²) in [7, 11) is 0. The fourth-order valence-electron chi connectivity index (χ4n) is 1.64. The number of anilines is 1. The molecule has 2 rings (SSSR count). The summed E-state index contributed by atoms with van der Waals surface area (Å²) >= 11 is 13.3. The molecule has 0 atom stereocenters. The van der Waals surface area contributed by atoms with Crippen molar-refractivity contribution in [3.63, 3.8) is 0 Å². The molecule has 0 saturated heterocycles. The third kappa shape index (κ3) is 3.95. The van der Waals surface area contributed by atoms with Crippen LogP contribution in [0.3, 0.4) is 0 Å². The Morgan fingerprint density at radius 1 is 1.35 bits per heavy atom. The number of aromatic nitrogens is 1. The number of nitrogens with one attached hydrogen (secondary N) is 1. The minimum atomic E-state index is 0.00175. The van der Waals surface area contributed by atoms with E-state index in [1.807, 2.05) is 11.4 Å². The Kier molecular flexibility index (Phi) is 5.40. The number of amides is 1. The van der Waals surface area contributed by atoms with Crippen molar-refractivity contribution in [3.05, 3.63) is 33.6 Å². The van der Waals surface area contributed by atoms with Gasteiger partial charge in [-0.05, 0) is 18.6 Å². The summed E-state index contributed by atoms with van der Waals surface area (Å²) < 4.78 is 0. The van der Waals surface area contributed by atoms with Gasteiger partial charge in [0.25, 0.3) is 0 Å². The molecule has 1 amide bonds. The summed E-state index contributed by atoms with van der Waals surface area (Å²) in [5.74, 6) is 0.00175. The van der Waals surface area contributed by atoms with Crippen LogP contribution in [0.4, 0.5) is 5.13 Å². The quantitative estimate of drug-likeness (QED) is 0.814. The molecule has 0 spiro atoms. The van der Waals surface area contributed by atoms with Gasteiger partial charge in [-0.3, -0.25) is 4.79 Å². The number of benzene rings is 1.